The Morgan fingerprint density at radius 3 is 2.12 bits per heavy atom. The maximum absolute atomic E-state index is 14.9. The number of piperidine rings is 1. The summed E-state index contributed by atoms with van der Waals surface area (Å²) in [4.78, 5) is 24.3. The third kappa shape index (κ3) is 7.37. The van der Waals surface area contributed by atoms with Gasteiger partial charge in [-0.1, -0.05) is 36.4 Å². The van der Waals surface area contributed by atoms with Crippen molar-refractivity contribution in [2.24, 2.45) is 0 Å². The molecule has 2 heterocycles. The summed E-state index contributed by atoms with van der Waals surface area (Å²) in [7, 11) is 2.89. The SMILES string of the molecule is COc1cc(CCC(=O)O)cc(OC)c1OC1CCN(CC(O)(c2cn(Cc3ccccc3)c3cc(C(=O)O)ccc23)C(F)(F)F)CC1. The van der Waals surface area contributed by atoms with Crippen molar-refractivity contribution < 1.29 is 52.3 Å². The molecule has 0 saturated carbocycles. The number of halogens is 3. The third-order valence-corrected chi connectivity index (χ3v) is 8.66. The fourth-order valence-electron chi connectivity index (χ4n) is 6.11. The highest BCUT2D eigenvalue weighted by atomic mass is 19.4. The molecule has 0 aliphatic carbocycles. The number of aryl methyl sites for hydroxylation is 1. The first-order chi connectivity index (χ1) is 22.8. The first-order valence-electron chi connectivity index (χ1n) is 15.4. The molecule has 4 aromatic rings. The van der Waals surface area contributed by atoms with Crippen LogP contribution in [-0.4, -0.2) is 82.9 Å². The normalized spacial score (nSPS) is 15.6. The maximum atomic E-state index is 14.9. The molecule has 1 aromatic heterocycles. The number of alkyl halides is 3. The molecule has 5 rings (SSSR count). The summed E-state index contributed by atoms with van der Waals surface area (Å²) in [5, 5.41) is 30.3. The monoisotopic (exact) mass is 670 g/mol. The molecule has 1 aliphatic heterocycles. The molecule has 256 valence electrons. The molecule has 3 N–H and O–H groups in total. The third-order valence-electron chi connectivity index (χ3n) is 8.66. The lowest BCUT2D eigenvalue weighted by molar-refractivity contribution is -0.272. The van der Waals surface area contributed by atoms with E-state index in [9.17, 15) is 33.0 Å². The van der Waals surface area contributed by atoms with E-state index in [4.69, 9.17) is 19.3 Å². The lowest BCUT2D eigenvalue weighted by atomic mass is 9.90. The molecule has 13 heteroatoms. The summed E-state index contributed by atoms with van der Waals surface area (Å²) in [6, 6.07) is 16.3. The molecule has 10 nitrogen and oxygen atoms in total. The van der Waals surface area contributed by atoms with Crippen LogP contribution in [0.4, 0.5) is 13.2 Å². The Hall–Kier alpha value is -4.75. The minimum absolute atomic E-state index is 0.0772. The summed E-state index contributed by atoms with van der Waals surface area (Å²) in [5.41, 5.74) is -1.95. The van der Waals surface area contributed by atoms with E-state index in [1.807, 2.05) is 18.2 Å². The number of β-amino-alcohol motifs (C(OH)–C–C–N with tert-alkyl or cyclic N) is 1. The van der Waals surface area contributed by atoms with Crippen molar-refractivity contribution in [2.75, 3.05) is 33.9 Å². The van der Waals surface area contributed by atoms with Gasteiger partial charge in [-0.15, -0.1) is 0 Å². The number of aliphatic carboxylic acids is 1. The predicted octanol–water partition coefficient (Wildman–Crippen LogP) is 5.72. The fourth-order valence-corrected chi connectivity index (χ4v) is 6.11. The number of nitrogens with zero attached hydrogens (tertiary/aromatic N) is 2. The Bertz CT molecular complexity index is 1740. The number of fused-ring (bicyclic) bond motifs is 1. The van der Waals surface area contributed by atoms with Crippen molar-refractivity contribution >= 4 is 22.8 Å². The number of aromatic nitrogens is 1. The number of likely N-dealkylation sites (tertiary alicyclic amines) is 1. The second-order valence-electron chi connectivity index (χ2n) is 11.9. The summed E-state index contributed by atoms with van der Waals surface area (Å²) >= 11 is 0. The molecule has 48 heavy (non-hydrogen) atoms. The molecule has 0 radical (unpaired) electrons. The van der Waals surface area contributed by atoms with E-state index in [1.54, 1.807) is 29.2 Å². The zero-order valence-corrected chi connectivity index (χ0v) is 26.5. The maximum Gasteiger partial charge on any atom is 0.422 e. The number of carboxylic acid groups (broad SMARTS) is 2. The van der Waals surface area contributed by atoms with Gasteiger partial charge in [-0.3, -0.25) is 9.69 Å². The molecule has 3 aromatic carbocycles. The number of aromatic carboxylic acids is 1. The number of hydrogen-bond acceptors (Lipinski definition) is 7. The molecular formula is C35H37F3N2O8. The minimum atomic E-state index is -5.05. The predicted molar refractivity (Wildman–Crippen MR) is 170 cm³/mol. The number of benzene rings is 3. The Kier molecular flexibility index (Phi) is 10.2. The topological polar surface area (TPSA) is 131 Å². The van der Waals surface area contributed by atoms with Crippen molar-refractivity contribution in [2.45, 2.75) is 50.1 Å². The highest BCUT2D eigenvalue weighted by Crippen LogP contribution is 2.45. The largest absolute Gasteiger partial charge is 0.493 e. The van der Waals surface area contributed by atoms with Crippen LogP contribution in [0.3, 0.4) is 0 Å². The van der Waals surface area contributed by atoms with Crippen molar-refractivity contribution in [3.05, 3.63) is 89.1 Å². The van der Waals surface area contributed by atoms with Gasteiger partial charge in [0.2, 0.25) is 11.4 Å². The molecular weight excluding hydrogens is 633 g/mol. The van der Waals surface area contributed by atoms with Crippen LogP contribution in [-0.2, 0) is 23.4 Å². The van der Waals surface area contributed by atoms with E-state index in [-0.39, 0.29) is 54.5 Å². The molecule has 0 spiro atoms. The van der Waals surface area contributed by atoms with Gasteiger partial charge in [0.1, 0.15) is 6.10 Å². The van der Waals surface area contributed by atoms with Gasteiger partial charge < -0.3 is 34.1 Å². The van der Waals surface area contributed by atoms with Crippen LogP contribution in [0.5, 0.6) is 17.2 Å². The van der Waals surface area contributed by atoms with Crippen molar-refractivity contribution in [1.29, 1.82) is 0 Å². The smallest absolute Gasteiger partial charge is 0.422 e. The van der Waals surface area contributed by atoms with E-state index in [0.717, 1.165) is 5.56 Å². The Labute approximate surface area is 274 Å². The number of carbonyl (C=O) groups is 2. The van der Waals surface area contributed by atoms with Gasteiger partial charge in [0.15, 0.2) is 11.5 Å². The first kappa shape index (κ1) is 34.6. The van der Waals surface area contributed by atoms with E-state index in [1.165, 1.54) is 43.2 Å². The molecule has 0 bridgehead atoms. The fraction of sp³-hybridized carbons (Fsp3) is 0.371. The highest BCUT2D eigenvalue weighted by molar-refractivity contribution is 5.95. The lowest BCUT2D eigenvalue weighted by Gasteiger charge is -2.39. The van der Waals surface area contributed by atoms with Gasteiger partial charge >= 0.3 is 18.1 Å². The standard InChI is InChI=1S/C35H37F3N2O8/c1-46-29-16-23(8-11-31(41)42)17-30(47-2)32(29)48-25-12-14-39(15-13-25)21-34(45,35(36,37)38)27-20-40(19-22-6-4-3-5-7-22)28-18-24(33(43)44)9-10-26(27)28/h3-7,9-10,16-18,20,25,45H,8,11-15,19,21H2,1-2H3,(H,41,42)(H,43,44). The summed E-state index contributed by atoms with van der Waals surface area (Å²) in [6.45, 7) is -0.184. The van der Waals surface area contributed by atoms with Crippen LogP contribution < -0.4 is 14.2 Å². The number of ether oxygens (including phenoxy) is 3. The molecule has 1 fully saturated rings. The second-order valence-corrected chi connectivity index (χ2v) is 11.9. The summed E-state index contributed by atoms with van der Waals surface area (Å²) in [6.07, 6.45) is -3.31. The quantitative estimate of drug-likeness (QED) is 0.164. The van der Waals surface area contributed by atoms with Crippen LogP contribution in [0.1, 0.15) is 46.3 Å². The van der Waals surface area contributed by atoms with Gasteiger partial charge in [-0.2, -0.15) is 13.2 Å². The van der Waals surface area contributed by atoms with Crippen LogP contribution in [0.25, 0.3) is 10.9 Å². The van der Waals surface area contributed by atoms with Crippen LogP contribution in [0, 0.1) is 0 Å². The summed E-state index contributed by atoms with van der Waals surface area (Å²) < 4.78 is 63.5. The molecule has 1 atom stereocenters. The van der Waals surface area contributed by atoms with Gasteiger partial charge in [0, 0.05) is 55.3 Å². The summed E-state index contributed by atoms with van der Waals surface area (Å²) in [5.74, 6) is -1.14. The molecule has 0 amide bonds. The van der Waals surface area contributed by atoms with Crippen LogP contribution in [0.2, 0.25) is 0 Å². The van der Waals surface area contributed by atoms with Gasteiger partial charge in [0.25, 0.3) is 0 Å². The van der Waals surface area contributed by atoms with Gasteiger partial charge in [0.05, 0.1) is 19.8 Å². The second kappa shape index (κ2) is 14.2. The zero-order valence-electron chi connectivity index (χ0n) is 26.5. The minimum Gasteiger partial charge on any atom is -0.493 e. The number of rotatable bonds is 13. The van der Waals surface area contributed by atoms with Crippen molar-refractivity contribution in [1.82, 2.24) is 9.47 Å². The average Bonchev–Trinajstić information content (AvgIpc) is 3.42. The van der Waals surface area contributed by atoms with E-state index in [2.05, 4.69) is 0 Å². The van der Waals surface area contributed by atoms with Crippen molar-refractivity contribution in [3.63, 3.8) is 0 Å². The Morgan fingerprint density at radius 1 is 0.917 bits per heavy atom. The Morgan fingerprint density at radius 2 is 1.56 bits per heavy atom. The molecule has 1 aliphatic rings. The van der Waals surface area contributed by atoms with Crippen LogP contribution in [0.15, 0.2) is 66.9 Å². The number of carboxylic acids is 2. The first-order valence-corrected chi connectivity index (χ1v) is 15.4. The van der Waals surface area contributed by atoms with Crippen molar-refractivity contribution in [3.8, 4) is 17.2 Å². The zero-order chi connectivity index (χ0) is 34.6. The molecule has 1 unspecified atom stereocenters. The molecule has 1 saturated heterocycles. The number of hydrogen-bond donors (Lipinski definition) is 3. The van der Waals surface area contributed by atoms with Gasteiger partial charge in [-0.25, -0.2) is 4.79 Å². The average molecular weight is 671 g/mol. The van der Waals surface area contributed by atoms with E-state index in [0.29, 0.717) is 35.7 Å². The number of methoxy groups -OCH3 is 2. The highest BCUT2D eigenvalue weighted by Gasteiger charge is 2.57. The van der Waals surface area contributed by atoms with E-state index >= 15 is 0 Å². The number of aliphatic hydroxyl groups is 1. The van der Waals surface area contributed by atoms with Gasteiger partial charge in [-0.05, 0) is 54.7 Å². The van der Waals surface area contributed by atoms with Crippen LogP contribution >= 0.6 is 0 Å². The lowest BCUT2D eigenvalue weighted by Crippen LogP contribution is -2.53. The van der Waals surface area contributed by atoms with E-state index < -0.39 is 36.4 Å². The Balaban J connectivity index is 1.38.